The molecule has 0 fully saturated rings. The lowest BCUT2D eigenvalue weighted by atomic mass is 10.2. The zero-order chi connectivity index (χ0) is 10.8. The molecule has 1 aromatic carbocycles. The third-order valence-electron chi connectivity index (χ3n) is 1.38. The lowest BCUT2D eigenvalue weighted by Gasteiger charge is -2.10. The van der Waals surface area contributed by atoms with E-state index in [0.29, 0.717) is 5.56 Å². The zero-order valence-electron chi connectivity index (χ0n) is 6.74. The molecule has 0 amide bonds. The highest BCUT2D eigenvalue weighted by Crippen LogP contribution is 2.31. The standard InChI is InChI=1S/C8H5BrClF3O/c9-6-3-5(4-10)1-2-7(6)14-8(11,12)13/h1-3H,4H2. The number of ether oxygens (including phenoxy) is 1. The van der Waals surface area contributed by atoms with Crippen molar-refractivity contribution >= 4 is 27.5 Å². The highest BCUT2D eigenvalue weighted by atomic mass is 79.9. The molecular weight excluding hydrogens is 284 g/mol. The predicted molar refractivity (Wildman–Crippen MR) is 50.4 cm³/mol. The minimum absolute atomic E-state index is 0.230. The largest absolute Gasteiger partial charge is 0.573 e. The molecule has 0 saturated carbocycles. The number of halogens is 5. The molecular formula is C8H5BrClF3O. The number of rotatable bonds is 2. The van der Waals surface area contributed by atoms with Crippen LogP contribution in [0.15, 0.2) is 22.7 Å². The van der Waals surface area contributed by atoms with Crippen LogP contribution < -0.4 is 4.74 Å². The first-order valence-corrected chi connectivity index (χ1v) is 4.85. The van der Waals surface area contributed by atoms with Gasteiger partial charge in [-0.2, -0.15) is 0 Å². The average Bonchev–Trinajstić information content (AvgIpc) is 2.06. The monoisotopic (exact) mass is 288 g/mol. The molecule has 1 aromatic rings. The molecule has 6 heteroatoms. The van der Waals surface area contributed by atoms with Crippen LogP contribution in [0, 0.1) is 0 Å². The Labute approximate surface area is 91.9 Å². The van der Waals surface area contributed by atoms with E-state index in [1.165, 1.54) is 18.2 Å². The Kier molecular flexibility index (Phi) is 3.66. The van der Waals surface area contributed by atoms with Gasteiger partial charge < -0.3 is 4.74 Å². The van der Waals surface area contributed by atoms with Crippen molar-refractivity contribution in [2.45, 2.75) is 12.2 Å². The highest BCUT2D eigenvalue weighted by molar-refractivity contribution is 9.10. The number of hydrogen-bond acceptors (Lipinski definition) is 1. The fourth-order valence-electron chi connectivity index (χ4n) is 0.835. The fraction of sp³-hybridized carbons (Fsp3) is 0.250. The van der Waals surface area contributed by atoms with E-state index in [-0.39, 0.29) is 16.1 Å². The summed E-state index contributed by atoms with van der Waals surface area (Å²) in [5.74, 6) is -0.0309. The van der Waals surface area contributed by atoms with Gasteiger partial charge in [-0.3, -0.25) is 0 Å². The molecule has 0 aromatic heterocycles. The van der Waals surface area contributed by atoms with Gasteiger partial charge in [-0.25, -0.2) is 0 Å². The summed E-state index contributed by atoms with van der Waals surface area (Å²) < 4.78 is 39.5. The Morgan fingerprint density at radius 3 is 2.43 bits per heavy atom. The summed E-state index contributed by atoms with van der Waals surface area (Å²) in [5, 5.41) is 0. The molecule has 0 aliphatic rings. The van der Waals surface area contributed by atoms with E-state index in [9.17, 15) is 13.2 Å². The molecule has 0 atom stereocenters. The van der Waals surface area contributed by atoms with E-state index < -0.39 is 6.36 Å². The van der Waals surface area contributed by atoms with E-state index in [2.05, 4.69) is 20.7 Å². The van der Waals surface area contributed by atoms with Gasteiger partial charge in [-0.1, -0.05) is 6.07 Å². The van der Waals surface area contributed by atoms with Crippen LogP contribution in [0.5, 0.6) is 5.75 Å². The van der Waals surface area contributed by atoms with Gasteiger partial charge in [0.05, 0.1) is 4.47 Å². The third kappa shape index (κ3) is 3.38. The summed E-state index contributed by atoms with van der Waals surface area (Å²) >= 11 is 8.46. The first-order valence-electron chi connectivity index (χ1n) is 3.52. The summed E-state index contributed by atoms with van der Waals surface area (Å²) in [6.45, 7) is 0. The summed E-state index contributed by atoms with van der Waals surface area (Å²) in [6, 6.07) is 4.17. The number of benzene rings is 1. The minimum atomic E-state index is -4.68. The molecule has 0 spiro atoms. The molecule has 1 nitrogen and oxygen atoms in total. The van der Waals surface area contributed by atoms with E-state index >= 15 is 0 Å². The molecule has 1 rings (SSSR count). The second-order valence-corrected chi connectivity index (χ2v) is 3.57. The molecule has 0 radical (unpaired) electrons. The maximum Gasteiger partial charge on any atom is 0.573 e. The first kappa shape index (κ1) is 11.7. The molecule has 0 saturated heterocycles. The van der Waals surface area contributed by atoms with Crippen molar-refractivity contribution in [3.63, 3.8) is 0 Å². The van der Waals surface area contributed by atoms with Gasteiger partial charge in [-0.15, -0.1) is 24.8 Å². The molecule has 0 N–H and O–H groups in total. The van der Waals surface area contributed by atoms with Crippen LogP contribution in [0.25, 0.3) is 0 Å². The zero-order valence-corrected chi connectivity index (χ0v) is 9.08. The van der Waals surface area contributed by atoms with Crippen molar-refractivity contribution in [3.8, 4) is 5.75 Å². The van der Waals surface area contributed by atoms with Crippen molar-refractivity contribution in [1.82, 2.24) is 0 Å². The lowest BCUT2D eigenvalue weighted by Crippen LogP contribution is -2.17. The van der Waals surface area contributed by atoms with Gasteiger partial charge in [0.15, 0.2) is 0 Å². The summed E-state index contributed by atoms with van der Waals surface area (Å²) in [5.41, 5.74) is 0.716. The third-order valence-corrected chi connectivity index (χ3v) is 2.30. The van der Waals surface area contributed by atoms with Crippen LogP contribution in [-0.4, -0.2) is 6.36 Å². The number of alkyl halides is 4. The lowest BCUT2D eigenvalue weighted by molar-refractivity contribution is -0.274. The van der Waals surface area contributed by atoms with Crippen molar-refractivity contribution in [2.75, 3.05) is 0 Å². The van der Waals surface area contributed by atoms with Gasteiger partial charge in [0, 0.05) is 5.88 Å². The SMILES string of the molecule is FC(F)(F)Oc1ccc(CCl)cc1Br. The van der Waals surface area contributed by atoms with Crippen LogP contribution >= 0.6 is 27.5 Å². The van der Waals surface area contributed by atoms with Gasteiger partial charge in [-0.05, 0) is 33.6 Å². The normalized spacial score (nSPS) is 11.5. The Morgan fingerprint density at radius 1 is 1.36 bits per heavy atom. The Bertz CT molecular complexity index is 327. The Morgan fingerprint density at radius 2 is 2.00 bits per heavy atom. The average molecular weight is 289 g/mol. The molecule has 0 aliphatic carbocycles. The molecule has 0 unspecified atom stereocenters. The van der Waals surface area contributed by atoms with Crippen molar-refractivity contribution < 1.29 is 17.9 Å². The number of hydrogen-bond donors (Lipinski definition) is 0. The maximum absolute atomic E-state index is 11.8. The second-order valence-electron chi connectivity index (χ2n) is 2.45. The Hall–Kier alpha value is -0.420. The van der Waals surface area contributed by atoms with Crippen molar-refractivity contribution in [2.24, 2.45) is 0 Å². The van der Waals surface area contributed by atoms with Crippen LogP contribution in [0.3, 0.4) is 0 Å². The molecule has 14 heavy (non-hydrogen) atoms. The summed E-state index contributed by atoms with van der Waals surface area (Å²) in [6.07, 6.45) is -4.68. The topological polar surface area (TPSA) is 9.23 Å². The Balaban J connectivity index is 2.89. The van der Waals surface area contributed by atoms with Crippen LogP contribution in [0.4, 0.5) is 13.2 Å². The van der Waals surface area contributed by atoms with Gasteiger partial charge in [0.1, 0.15) is 5.75 Å². The molecule has 0 heterocycles. The van der Waals surface area contributed by atoms with Crippen molar-refractivity contribution in [3.05, 3.63) is 28.2 Å². The van der Waals surface area contributed by atoms with Crippen molar-refractivity contribution in [1.29, 1.82) is 0 Å². The maximum atomic E-state index is 11.8. The molecule has 0 aliphatic heterocycles. The smallest absolute Gasteiger partial charge is 0.405 e. The summed E-state index contributed by atoms with van der Waals surface area (Å²) in [7, 11) is 0. The fourth-order valence-corrected chi connectivity index (χ4v) is 1.51. The van der Waals surface area contributed by atoms with E-state index in [4.69, 9.17) is 11.6 Å². The van der Waals surface area contributed by atoms with E-state index in [0.717, 1.165) is 0 Å². The van der Waals surface area contributed by atoms with E-state index in [1.807, 2.05) is 0 Å². The van der Waals surface area contributed by atoms with E-state index in [1.54, 1.807) is 0 Å². The van der Waals surface area contributed by atoms with Crippen LogP contribution in [-0.2, 0) is 5.88 Å². The van der Waals surface area contributed by atoms with Crippen LogP contribution in [0.1, 0.15) is 5.56 Å². The molecule has 0 bridgehead atoms. The predicted octanol–water partition coefficient (Wildman–Crippen LogP) is 4.09. The second kappa shape index (κ2) is 4.40. The van der Waals surface area contributed by atoms with Gasteiger partial charge in [0.25, 0.3) is 0 Å². The minimum Gasteiger partial charge on any atom is -0.405 e. The summed E-state index contributed by atoms with van der Waals surface area (Å²) in [4.78, 5) is 0. The highest BCUT2D eigenvalue weighted by Gasteiger charge is 2.31. The quantitative estimate of drug-likeness (QED) is 0.745. The van der Waals surface area contributed by atoms with Gasteiger partial charge in [0.2, 0.25) is 0 Å². The van der Waals surface area contributed by atoms with Gasteiger partial charge >= 0.3 is 6.36 Å². The molecule has 78 valence electrons. The van der Waals surface area contributed by atoms with Crippen LogP contribution in [0.2, 0.25) is 0 Å². The first-order chi connectivity index (χ1) is 6.42.